The van der Waals surface area contributed by atoms with Gasteiger partial charge in [0.25, 0.3) is 5.91 Å². The van der Waals surface area contributed by atoms with Crippen molar-refractivity contribution in [2.24, 2.45) is 5.73 Å². The molecule has 2 aliphatic heterocycles. The Hall–Kier alpha value is -8.94. The molecule has 0 saturated carbocycles. The van der Waals surface area contributed by atoms with E-state index in [4.69, 9.17) is 44.7 Å². The molecule has 0 bridgehead atoms. The first kappa shape index (κ1) is 49.6. The van der Waals surface area contributed by atoms with E-state index < -0.39 is 5.97 Å². The van der Waals surface area contributed by atoms with E-state index in [1.165, 1.54) is 22.7 Å². The number of H-pyrrole nitrogens is 2. The summed E-state index contributed by atoms with van der Waals surface area (Å²) in [5.74, 6) is 4.33. The largest absolute Gasteiger partial charge is 0.561 e. The molecule has 6 aromatic heterocycles. The minimum absolute atomic E-state index is 0.0204. The van der Waals surface area contributed by atoms with Gasteiger partial charge in [0.15, 0.2) is 44.3 Å². The maximum atomic E-state index is 12.9. The minimum atomic E-state index is -0.675. The summed E-state index contributed by atoms with van der Waals surface area (Å²) in [5.41, 5.74) is 15.2. The van der Waals surface area contributed by atoms with Gasteiger partial charge in [0.1, 0.15) is 16.6 Å². The molecular weight excluding hydrogens is 1000 g/mol. The fourth-order valence-electron chi connectivity index (χ4n) is 8.51. The molecule has 2 unspecified atom stereocenters. The second kappa shape index (κ2) is 22.0. The number of aromatic amines is 2. The monoisotopic (exact) mass is 1050 g/mol. The summed E-state index contributed by atoms with van der Waals surface area (Å²) in [7, 11) is 6.42. The number of benzene rings is 4. The maximum absolute atomic E-state index is 12.9. The fourth-order valence-corrected chi connectivity index (χ4v) is 9.82. The number of methoxy groups -OCH3 is 4. The molecule has 0 aliphatic carbocycles. The van der Waals surface area contributed by atoms with Crippen molar-refractivity contribution in [2.45, 2.75) is 24.9 Å². The molecule has 2 saturated heterocycles. The van der Waals surface area contributed by atoms with Crippen molar-refractivity contribution in [3.63, 3.8) is 0 Å². The van der Waals surface area contributed by atoms with Crippen LogP contribution in [0.15, 0.2) is 96.2 Å². The van der Waals surface area contributed by atoms with E-state index in [9.17, 15) is 9.59 Å². The zero-order valence-corrected chi connectivity index (χ0v) is 42.6. The van der Waals surface area contributed by atoms with Crippen LogP contribution in [0.5, 0.6) is 23.0 Å². The molecule has 9 N–H and O–H groups in total. The van der Waals surface area contributed by atoms with E-state index >= 15 is 0 Å². The Morgan fingerprint density at radius 3 is 1.65 bits per heavy atom. The predicted molar refractivity (Wildman–Crippen MR) is 289 cm³/mol. The second-order valence-electron chi connectivity index (χ2n) is 17.2. The van der Waals surface area contributed by atoms with Crippen LogP contribution in [-0.2, 0) is 0 Å². The van der Waals surface area contributed by atoms with Crippen molar-refractivity contribution in [3.05, 3.63) is 107 Å². The van der Waals surface area contributed by atoms with Crippen LogP contribution in [0.1, 0.15) is 33.6 Å². The van der Waals surface area contributed by atoms with Gasteiger partial charge in [0.2, 0.25) is 11.9 Å². The first-order valence-electron chi connectivity index (χ1n) is 23.5. The van der Waals surface area contributed by atoms with E-state index in [0.717, 1.165) is 80.8 Å². The molecule has 2 aliphatic rings. The molecule has 0 radical (unpaired) electrons. The van der Waals surface area contributed by atoms with Crippen LogP contribution < -0.4 is 50.4 Å². The highest BCUT2D eigenvalue weighted by atomic mass is 32.1. The molecular formula is C50H51N16O7S2+. The molecule has 75 heavy (non-hydrogen) atoms. The SMILES string of the molecule is COc1ccc(Nc2nc(N3CCC(N)C3)nc3scnc23)cc1OC.COc1ccc(Nc2nc(N3CCC(NC(=O)c4ccc5cn[nH]c5c4)C3)nc3scnc23)cc1OC.O=C([OH2+])c1ccc2cn[nH]c2c1. The Balaban J connectivity index is 0.000000145. The summed E-state index contributed by atoms with van der Waals surface area (Å²) in [6.07, 6.45) is 5.15. The zero-order chi connectivity index (χ0) is 52.0. The summed E-state index contributed by atoms with van der Waals surface area (Å²) in [5, 5.41) is 32.1. The minimum Gasteiger partial charge on any atom is -0.561 e. The van der Waals surface area contributed by atoms with Crippen molar-refractivity contribution in [3.8, 4) is 23.0 Å². The average molecular weight is 1050 g/mol. The number of nitrogens with one attached hydrogen (secondary N) is 5. The van der Waals surface area contributed by atoms with Crippen LogP contribution in [0.3, 0.4) is 0 Å². The van der Waals surface area contributed by atoms with Crippen LogP contribution in [0.25, 0.3) is 42.5 Å². The number of aromatic nitrogens is 10. The van der Waals surface area contributed by atoms with Crippen LogP contribution in [0.4, 0.5) is 34.9 Å². The molecule has 10 aromatic rings. The van der Waals surface area contributed by atoms with Crippen LogP contribution in [0.2, 0.25) is 0 Å². The molecule has 23 nitrogen and oxygen atoms in total. The van der Waals surface area contributed by atoms with Gasteiger partial charge >= 0.3 is 5.97 Å². The fraction of sp³-hybridized carbons (Fsp3) is 0.240. The summed E-state index contributed by atoms with van der Waals surface area (Å²) >= 11 is 2.95. The Labute approximate surface area is 435 Å². The Morgan fingerprint density at radius 2 is 1.15 bits per heavy atom. The molecule has 4 aromatic carbocycles. The first-order valence-corrected chi connectivity index (χ1v) is 25.2. The Kier molecular flexibility index (Phi) is 14.6. The number of amides is 1. The van der Waals surface area contributed by atoms with Crippen molar-refractivity contribution in [2.75, 3.05) is 75.1 Å². The first-order chi connectivity index (χ1) is 36.6. The number of fused-ring (bicyclic) bond motifs is 4. The predicted octanol–water partition coefficient (Wildman–Crippen LogP) is 6.54. The molecule has 2 fully saturated rings. The molecule has 12 rings (SSSR count). The molecule has 2 atom stereocenters. The van der Waals surface area contributed by atoms with Gasteiger partial charge < -0.3 is 55.5 Å². The second-order valence-corrected chi connectivity index (χ2v) is 18.9. The van der Waals surface area contributed by atoms with Gasteiger partial charge in [-0.1, -0.05) is 12.1 Å². The lowest BCUT2D eigenvalue weighted by Crippen LogP contribution is -2.37. The summed E-state index contributed by atoms with van der Waals surface area (Å²) < 4.78 is 21.4. The third-order valence-electron chi connectivity index (χ3n) is 12.4. The van der Waals surface area contributed by atoms with Crippen molar-refractivity contribution in [1.82, 2.24) is 55.6 Å². The third kappa shape index (κ3) is 11.0. The van der Waals surface area contributed by atoms with Gasteiger partial charge in [0.05, 0.1) is 62.9 Å². The summed E-state index contributed by atoms with van der Waals surface area (Å²) in [6, 6.07) is 21.9. The van der Waals surface area contributed by atoms with Gasteiger partial charge in [-0.15, -0.1) is 22.7 Å². The smallest absolute Gasteiger partial charge is 0.549 e. The number of carbonyl (C=O) groups excluding carboxylic acids is 2. The molecule has 0 spiro atoms. The Bertz CT molecular complexity index is 3660. The number of thiazole rings is 2. The highest BCUT2D eigenvalue weighted by molar-refractivity contribution is 7.16. The van der Waals surface area contributed by atoms with E-state index in [-0.39, 0.29) is 18.0 Å². The van der Waals surface area contributed by atoms with Gasteiger partial charge in [0, 0.05) is 82.9 Å². The number of hydrogen-bond donors (Lipinski definition) is 6. The quantitative estimate of drug-likeness (QED) is 0.0668. The standard InChI is InChI=1S/C25H24N8O3S.C17H20N6O2S.C8H6N2O2/c1-35-19-6-5-16(10-20(19)36-2)28-22-21-24(37-13-26-21)31-25(30-22)33-8-7-17(12-33)29-23(34)14-3-4-15-11-27-32-18(15)9-14;1-24-12-4-3-11(7-13(12)25-2)20-15-14-16(26-9-19-14)22-17(21-15)23-6-5-10(18)8-23;11-8(12)5-1-2-6-4-9-10-7(6)3-5/h3-6,9-11,13,17H,7-8,12H2,1-2H3,(H,27,32)(H,29,34)(H,28,30,31);3-4,7,9-10H,5-6,8,18H2,1-2H3,(H,20,21,22);1-4H,(H,9,10)(H,11,12)/p+1. The number of anilines is 6. The molecule has 384 valence electrons. The molecule has 8 heterocycles. The zero-order valence-electron chi connectivity index (χ0n) is 41.0. The Morgan fingerprint density at radius 1 is 0.640 bits per heavy atom. The number of nitrogens with zero attached hydrogens (tertiary/aromatic N) is 10. The topological polar surface area (TPSA) is 297 Å². The maximum Gasteiger partial charge on any atom is 0.549 e. The number of ether oxygens (including phenoxy) is 4. The lowest BCUT2D eigenvalue weighted by atomic mass is 10.1. The lowest BCUT2D eigenvalue weighted by molar-refractivity contribution is 0.0696. The van der Waals surface area contributed by atoms with Gasteiger partial charge in [-0.25, -0.2) is 9.97 Å². The van der Waals surface area contributed by atoms with Gasteiger partial charge in [-0.2, -0.15) is 30.1 Å². The van der Waals surface area contributed by atoms with Gasteiger partial charge in [-0.3, -0.25) is 15.0 Å². The molecule has 1 amide bonds. The van der Waals surface area contributed by atoms with Crippen molar-refractivity contribution in [1.29, 1.82) is 0 Å². The van der Waals surface area contributed by atoms with Gasteiger partial charge in [-0.05, 0) is 61.4 Å². The summed E-state index contributed by atoms with van der Waals surface area (Å²) in [6.45, 7) is 2.96. The number of rotatable bonds is 13. The highest BCUT2D eigenvalue weighted by Crippen LogP contribution is 2.35. The number of carbonyl (C=O) groups is 2. The van der Waals surface area contributed by atoms with Crippen molar-refractivity contribution >= 4 is 112 Å². The van der Waals surface area contributed by atoms with Crippen LogP contribution >= 0.6 is 22.7 Å². The van der Waals surface area contributed by atoms with Crippen molar-refractivity contribution < 1.29 is 33.6 Å². The van der Waals surface area contributed by atoms with E-state index in [1.807, 2.05) is 54.6 Å². The van der Waals surface area contributed by atoms with Crippen LogP contribution in [0, 0.1) is 0 Å². The average Bonchev–Trinajstić information content (AvgIpc) is 4.30. The number of nitrogens with two attached hydrogens (primary N) is 1. The van der Waals surface area contributed by atoms with E-state index in [0.29, 0.717) is 69.7 Å². The number of hydrogen-bond acceptors (Lipinski definition) is 21. The molecule has 25 heteroatoms. The third-order valence-corrected chi connectivity index (χ3v) is 13.8. The van der Waals surface area contributed by atoms with E-state index in [2.05, 4.69) is 61.1 Å². The van der Waals surface area contributed by atoms with Crippen LogP contribution in [-0.4, -0.2) is 134 Å². The normalized spacial score (nSPS) is 15.1. The lowest BCUT2D eigenvalue weighted by Gasteiger charge is -2.18. The summed E-state index contributed by atoms with van der Waals surface area (Å²) in [4.78, 5) is 57.1. The highest BCUT2D eigenvalue weighted by Gasteiger charge is 2.28. The van der Waals surface area contributed by atoms with E-state index in [1.54, 1.807) is 70.1 Å².